The van der Waals surface area contributed by atoms with Crippen LogP contribution in [0.25, 0.3) is 17.2 Å². The first-order valence-electron chi connectivity index (χ1n) is 16.9. The van der Waals surface area contributed by atoms with Gasteiger partial charge in [0.1, 0.15) is 22.0 Å². The molecular formula is C42H32FN3O5S2. The standard InChI is InChI=1S/C42H32FN3O5S2/c43-30-20-18-28(19-21-30)38(47)34-11-4-5-12-35(34)41(50)46-25-32(51-36-13-7-6-10-33(36)27-8-2-1-3-9-27)23-31(46)24-44-39(48)29-16-14-26(15-17-29)22-37-40(49)45-42(52)53-37/h1-22,31-32H,23-25H2,(H,44,48)(H,45,49,52)/b37-22-/t31-,32+/m0/s1. The van der Waals surface area contributed by atoms with Crippen molar-refractivity contribution in [2.45, 2.75) is 18.6 Å². The van der Waals surface area contributed by atoms with E-state index in [-0.39, 0.29) is 47.5 Å². The second-order valence-corrected chi connectivity index (χ2v) is 14.2. The largest absolute Gasteiger partial charge is 0.488 e. The number of hydrogen-bond acceptors (Lipinski definition) is 7. The van der Waals surface area contributed by atoms with Gasteiger partial charge in [0, 0.05) is 35.2 Å². The van der Waals surface area contributed by atoms with Crippen LogP contribution in [0.5, 0.6) is 5.75 Å². The number of para-hydroxylation sites is 1. The van der Waals surface area contributed by atoms with Gasteiger partial charge >= 0.3 is 0 Å². The third-order valence-electron chi connectivity index (χ3n) is 9.02. The van der Waals surface area contributed by atoms with Crippen molar-refractivity contribution < 1.29 is 28.3 Å². The van der Waals surface area contributed by atoms with Crippen LogP contribution in [0.15, 0.2) is 132 Å². The molecule has 8 nitrogen and oxygen atoms in total. The van der Waals surface area contributed by atoms with Gasteiger partial charge in [-0.15, -0.1) is 0 Å². The summed E-state index contributed by atoms with van der Waals surface area (Å²) in [4.78, 5) is 55.5. The van der Waals surface area contributed by atoms with Crippen LogP contribution in [0.3, 0.4) is 0 Å². The van der Waals surface area contributed by atoms with Crippen LogP contribution in [0, 0.1) is 5.82 Å². The number of likely N-dealkylation sites (tertiary alicyclic amines) is 1. The predicted molar refractivity (Wildman–Crippen MR) is 207 cm³/mol. The summed E-state index contributed by atoms with van der Waals surface area (Å²) >= 11 is 6.24. The number of thioether (sulfide) groups is 1. The van der Waals surface area contributed by atoms with Crippen LogP contribution in [-0.2, 0) is 4.79 Å². The molecule has 2 saturated heterocycles. The Morgan fingerprint density at radius 1 is 0.849 bits per heavy atom. The smallest absolute Gasteiger partial charge is 0.263 e. The lowest BCUT2D eigenvalue weighted by Crippen LogP contribution is -2.43. The van der Waals surface area contributed by atoms with Gasteiger partial charge < -0.3 is 20.3 Å². The second-order valence-electron chi connectivity index (χ2n) is 12.5. The summed E-state index contributed by atoms with van der Waals surface area (Å²) in [5.74, 6) is -1.19. The van der Waals surface area contributed by atoms with E-state index in [1.807, 2.05) is 54.6 Å². The van der Waals surface area contributed by atoms with Gasteiger partial charge in [-0.05, 0) is 65.7 Å². The summed E-state index contributed by atoms with van der Waals surface area (Å²) in [6.45, 7) is 0.332. The molecule has 0 aliphatic carbocycles. The number of carbonyl (C=O) groups excluding carboxylic acids is 4. The van der Waals surface area contributed by atoms with E-state index in [0.29, 0.717) is 27.0 Å². The molecule has 2 heterocycles. The van der Waals surface area contributed by atoms with E-state index in [4.69, 9.17) is 17.0 Å². The zero-order valence-corrected chi connectivity index (χ0v) is 29.8. The highest BCUT2D eigenvalue weighted by atomic mass is 32.2. The molecule has 0 saturated carbocycles. The van der Waals surface area contributed by atoms with Crippen molar-refractivity contribution in [1.82, 2.24) is 15.5 Å². The maximum atomic E-state index is 14.4. The fraction of sp³-hybridized carbons (Fsp3) is 0.119. The molecule has 2 N–H and O–H groups in total. The van der Waals surface area contributed by atoms with E-state index in [1.54, 1.807) is 59.5 Å². The number of halogens is 1. The monoisotopic (exact) mass is 741 g/mol. The Kier molecular flexibility index (Phi) is 10.6. The van der Waals surface area contributed by atoms with Crippen LogP contribution in [0.4, 0.5) is 4.39 Å². The van der Waals surface area contributed by atoms with Crippen LogP contribution >= 0.6 is 24.0 Å². The summed E-state index contributed by atoms with van der Waals surface area (Å²) < 4.78 is 20.6. The van der Waals surface area contributed by atoms with Crippen molar-refractivity contribution in [2.24, 2.45) is 0 Å². The number of carbonyl (C=O) groups is 4. The Morgan fingerprint density at radius 3 is 2.23 bits per heavy atom. The molecule has 5 aromatic carbocycles. The molecule has 53 heavy (non-hydrogen) atoms. The first kappa shape index (κ1) is 35.5. The summed E-state index contributed by atoms with van der Waals surface area (Å²) in [5, 5.41) is 5.56. The fourth-order valence-electron chi connectivity index (χ4n) is 6.40. The Balaban J connectivity index is 1.12. The van der Waals surface area contributed by atoms with Crippen molar-refractivity contribution in [3.63, 3.8) is 0 Å². The topological polar surface area (TPSA) is 105 Å². The quantitative estimate of drug-likeness (QED) is 0.0880. The Labute approximate surface area is 315 Å². The molecule has 2 fully saturated rings. The Bertz CT molecular complexity index is 2240. The minimum atomic E-state index is -0.472. The van der Waals surface area contributed by atoms with Crippen LogP contribution < -0.4 is 15.4 Å². The van der Waals surface area contributed by atoms with Crippen LogP contribution in [0.1, 0.15) is 48.6 Å². The van der Waals surface area contributed by atoms with Gasteiger partial charge in [-0.25, -0.2) is 4.39 Å². The summed E-state index contributed by atoms with van der Waals surface area (Å²) in [6, 6.07) is 35.7. The third-order valence-corrected chi connectivity index (χ3v) is 10.2. The normalized spacial score (nSPS) is 17.5. The number of ketones is 1. The molecule has 11 heteroatoms. The van der Waals surface area contributed by atoms with Crippen molar-refractivity contribution >= 4 is 57.9 Å². The van der Waals surface area contributed by atoms with Gasteiger partial charge in [0.05, 0.1) is 23.1 Å². The van der Waals surface area contributed by atoms with E-state index in [2.05, 4.69) is 10.6 Å². The lowest BCUT2D eigenvalue weighted by Gasteiger charge is -2.25. The molecule has 3 amide bonds. The molecule has 0 bridgehead atoms. The molecule has 2 atom stereocenters. The Morgan fingerprint density at radius 2 is 1.51 bits per heavy atom. The molecule has 2 aliphatic heterocycles. The average Bonchev–Trinajstić information content (AvgIpc) is 3.74. The molecule has 7 rings (SSSR count). The van der Waals surface area contributed by atoms with Crippen molar-refractivity contribution in [1.29, 1.82) is 0 Å². The zero-order valence-electron chi connectivity index (χ0n) is 28.2. The molecular weight excluding hydrogens is 710 g/mol. The number of amides is 3. The SMILES string of the molecule is O=C1NC(=S)S/C1=C\c1ccc(C(=O)NC[C@@H]2C[C@@H](Oc3ccccc3-c3ccccc3)CN2C(=O)c2ccccc2C(=O)c2ccc(F)cc2)cc1. The number of rotatable bonds is 10. The molecule has 0 aromatic heterocycles. The number of nitrogens with one attached hydrogen (secondary N) is 2. The third kappa shape index (κ3) is 8.11. The lowest BCUT2D eigenvalue weighted by molar-refractivity contribution is -0.115. The van der Waals surface area contributed by atoms with Crippen molar-refractivity contribution in [3.05, 3.63) is 166 Å². The van der Waals surface area contributed by atoms with Gasteiger partial charge in [-0.3, -0.25) is 19.2 Å². The Hall–Kier alpha value is -5.91. The minimum Gasteiger partial charge on any atom is -0.488 e. The number of benzene rings is 5. The maximum absolute atomic E-state index is 14.4. The van der Waals surface area contributed by atoms with E-state index < -0.39 is 23.7 Å². The lowest BCUT2D eigenvalue weighted by atomic mass is 9.97. The fourth-order valence-corrected chi connectivity index (χ4v) is 7.45. The number of hydrogen-bond donors (Lipinski definition) is 2. The second kappa shape index (κ2) is 15.8. The van der Waals surface area contributed by atoms with Gasteiger partial charge in [-0.2, -0.15) is 0 Å². The molecule has 0 unspecified atom stereocenters. The molecule has 0 spiro atoms. The minimum absolute atomic E-state index is 0.124. The molecule has 0 radical (unpaired) electrons. The van der Waals surface area contributed by atoms with Gasteiger partial charge in [0.25, 0.3) is 17.7 Å². The zero-order chi connectivity index (χ0) is 36.9. The summed E-state index contributed by atoms with van der Waals surface area (Å²) in [7, 11) is 0. The molecule has 2 aliphatic rings. The highest BCUT2D eigenvalue weighted by Gasteiger charge is 2.38. The van der Waals surface area contributed by atoms with E-state index in [9.17, 15) is 23.6 Å². The average molecular weight is 742 g/mol. The number of nitrogens with zero attached hydrogens (tertiary/aromatic N) is 1. The van der Waals surface area contributed by atoms with Crippen LogP contribution in [-0.4, -0.2) is 58.0 Å². The maximum Gasteiger partial charge on any atom is 0.263 e. The van der Waals surface area contributed by atoms with E-state index in [1.165, 1.54) is 36.0 Å². The van der Waals surface area contributed by atoms with E-state index >= 15 is 0 Å². The summed E-state index contributed by atoms with van der Waals surface area (Å²) in [6.07, 6.45) is 1.70. The number of ether oxygens (including phenoxy) is 1. The predicted octanol–water partition coefficient (Wildman–Crippen LogP) is 7.30. The van der Waals surface area contributed by atoms with Gasteiger partial charge in [0.2, 0.25) is 0 Å². The van der Waals surface area contributed by atoms with Gasteiger partial charge in [-0.1, -0.05) is 103 Å². The molecule has 5 aromatic rings. The number of thiocarbonyl (C=S) groups is 1. The first-order valence-corrected chi connectivity index (χ1v) is 18.1. The molecule has 264 valence electrons. The summed E-state index contributed by atoms with van der Waals surface area (Å²) in [5.41, 5.74) is 3.68. The first-order chi connectivity index (χ1) is 25.7. The van der Waals surface area contributed by atoms with Crippen molar-refractivity contribution in [3.8, 4) is 16.9 Å². The highest BCUT2D eigenvalue weighted by molar-refractivity contribution is 8.26. The van der Waals surface area contributed by atoms with Crippen molar-refractivity contribution in [2.75, 3.05) is 13.1 Å². The highest BCUT2D eigenvalue weighted by Crippen LogP contribution is 2.33. The van der Waals surface area contributed by atoms with Gasteiger partial charge in [0.15, 0.2) is 5.78 Å². The van der Waals surface area contributed by atoms with E-state index in [0.717, 1.165) is 16.7 Å². The van der Waals surface area contributed by atoms with Crippen LogP contribution in [0.2, 0.25) is 0 Å².